The van der Waals surface area contributed by atoms with E-state index in [0.717, 1.165) is 0 Å². The van der Waals surface area contributed by atoms with Gasteiger partial charge in [0.05, 0.1) is 6.61 Å². The number of benzene rings is 1. The molecule has 1 aromatic carbocycles. The second-order valence-electron chi connectivity index (χ2n) is 5.21. The highest BCUT2D eigenvalue weighted by Gasteiger charge is 2.42. The van der Waals surface area contributed by atoms with Gasteiger partial charge >= 0.3 is 0 Å². The summed E-state index contributed by atoms with van der Waals surface area (Å²) < 4.78 is 13.5. The summed E-state index contributed by atoms with van der Waals surface area (Å²) in [6, 6.07) is 5.55. The van der Waals surface area contributed by atoms with Gasteiger partial charge in [-0.25, -0.2) is 9.87 Å². The molecule has 1 N–H and O–H groups in total. The molecule has 0 bridgehead atoms. The molecule has 1 aliphatic heterocycles. The van der Waals surface area contributed by atoms with E-state index in [-0.39, 0.29) is 23.0 Å². The smallest absolute Gasteiger partial charge is 0.267 e. The molecule has 1 saturated heterocycles. The minimum atomic E-state index is -0.612. The summed E-state index contributed by atoms with van der Waals surface area (Å²) >= 11 is 1.46. The predicted octanol–water partition coefficient (Wildman–Crippen LogP) is 2.64. The Hall–Kier alpha value is -1.60. The van der Waals surface area contributed by atoms with Gasteiger partial charge in [0.25, 0.3) is 5.91 Å². The molecule has 0 aliphatic carbocycles. The Kier molecular flexibility index (Phi) is 6.41. The molecule has 1 aromatic rings. The maximum atomic E-state index is 13.5. The molecule has 23 heavy (non-hydrogen) atoms. The Labute approximate surface area is 139 Å². The van der Waals surface area contributed by atoms with Crippen molar-refractivity contribution in [1.29, 1.82) is 0 Å². The maximum Gasteiger partial charge on any atom is 0.267 e. The number of carbonyl (C=O) groups is 2. The molecule has 2 rings (SSSR count). The van der Waals surface area contributed by atoms with E-state index in [1.54, 1.807) is 24.0 Å². The summed E-state index contributed by atoms with van der Waals surface area (Å²) in [4.78, 5) is 31.3. The Morgan fingerprint density at radius 2 is 2.22 bits per heavy atom. The van der Waals surface area contributed by atoms with E-state index in [9.17, 15) is 14.0 Å². The third kappa shape index (κ3) is 4.23. The lowest BCUT2D eigenvalue weighted by atomic mass is 10.1. The number of halogens is 1. The van der Waals surface area contributed by atoms with Crippen LogP contribution in [0.25, 0.3) is 0 Å². The lowest BCUT2D eigenvalue weighted by Gasteiger charge is -2.29. The number of hydroxylamine groups is 1. The van der Waals surface area contributed by atoms with E-state index >= 15 is 0 Å². The fourth-order valence-electron chi connectivity index (χ4n) is 2.48. The topological polar surface area (TPSA) is 58.6 Å². The third-order valence-corrected chi connectivity index (χ3v) is 4.83. The van der Waals surface area contributed by atoms with Crippen LogP contribution in [0.3, 0.4) is 0 Å². The summed E-state index contributed by atoms with van der Waals surface area (Å²) in [6.45, 7) is 4.02. The van der Waals surface area contributed by atoms with Gasteiger partial charge in [-0.15, -0.1) is 11.8 Å². The predicted molar refractivity (Wildman–Crippen MR) is 86.9 cm³/mol. The van der Waals surface area contributed by atoms with Gasteiger partial charge in [-0.2, -0.15) is 0 Å². The van der Waals surface area contributed by atoms with Crippen LogP contribution in [-0.4, -0.2) is 35.1 Å². The first-order chi connectivity index (χ1) is 11.1. The van der Waals surface area contributed by atoms with Gasteiger partial charge in [-0.3, -0.25) is 14.4 Å². The summed E-state index contributed by atoms with van der Waals surface area (Å²) in [6.07, 6.45) is 1.04. The van der Waals surface area contributed by atoms with Crippen molar-refractivity contribution < 1.29 is 18.8 Å². The molecule has 5 nitrogen and oxygen atoms in total. The number of hydrogen-bond acceptors (Lipinski definition) is 4. The SMILES string of the molecule is CCCC(=O)N1C(C(=O)NOCC)CSC1c1cccc(F)c1. The van der Waals surface area contributed by atoms with Crippen LogP contribution in [0, 0.1) is 5.82 Å². The number of carbonyl (C=O) groups excluding carboxylic acids is 2. The van der Waals surface area contributed by atoms with Gasteiger partial charge in [-0.05, 0) is 31.0 Å². The highest BCUT2D eigenvalue weighted by Crippen LogP contribution is 2.42. The van der Waals surface area contributed by atoms with Crippen LogP contribution >= 0.6 is 11.8 Å². The summed E-state index contributed by atoms with van der Waals surface area (Å²) in [5.74, 6) is -0.352. The number of nitrogens with one attached hydrogen (secondary N) is 1. The van der Waals surface area contributed by atoms with Gasteiger partial charge in [-0.1, -0.05) is 19.1 Å². The van der Waals surface area contributed by atoms with Gasteiger partial charge in [0.15, 0.2) is 0 Å². The molecule has 0 aromatic heterocycles. The lowest BCUT2D eigenvalue weighted by Crippen LogP contribution is -2.47. The average Bonchev–Trinajstić information content (AvgIpc) is 2.98. The van der Waals surface area contributed by atoms with E-state index in [1.165, 1.54) is 23.9 Å². The number of amides is 2. The zero-order chi connectivity index (χ0) is 16.8. The lowest BCUT2D eigenvalue weighted by molar-refractivity contribution is -0.145. The molecule has 1 aliphatic rings. The largest absolute Gasteiger partial charge is 0.314 e. The van der Waals surface area contributed by atoms with E-state index in [4.69, 9.17) is 4.84 Å². The normalized spacial score (nSPS) is 20.6. The minimum Gasteiger partial charge on any atom is -0.314 e. The van der Waals surface area contributed by atoms with Gasteiger partial charge in [0, 0.05) is 12.2 Å². The van der Waals surface area contributed by atoms with Gasteiger partial charge < -0.3 is 4.90 Å². The van der Waals surface area contributed by atoms with Crippen molar-refractivity contribution in [2.24, 2.45) is 0 Å². The number of nitrogens with zero attached hydrogens (tertiary/aromatic N) is 1. The van der Waals surface area contributed by atoms with Crippen molar-refractivity contribution in [1.82, 2.24) is 10.4 Å². The molecular weight excluding hydrogens is 319 g/mol. The quantitative estimate of drug-likeness (QED) is 0.809. The van der Waals surface area contributed by atoms with Crippen LogP contribution < -0.4 is 5.48 Å². The number of thioether (sulfide) groups is 1. The van der Waals surface area contributed by atoms with Crippen molar-refractivity contribution in [3.63, 3.8) is 0 Å². The highest BCUT2D eigenvalue weighted by molar-refractivity contribution is 7.99. The van der Waals surface area contributed by atoms with Crippen LogP contribution in [-0.2, 0) is 14.4 Å². The minimum absolute atomic E-state index is 0.108. The van der Waals surface area contributed by atoms with Crippen LogP contribution in [0.4, 0.5) is 4.39 Å². The molecule has 2 amide bonds. The summed E-state index contributed by atoms with van der Waals surface area (Å²) in [7, 11) is 0. The summed E-state index contributed by atoms with van der Waals surface area (Å²) in [5.41, 5.74) is 3.05. The van der Waals surface area contributed by atoms with Crippen LogP contribution in [0.2, 0.25) is 0 Å². The Bertz CT molecular complexity index is 570. The fraction of sp³-hybridized carbons (Fsp3) is 0.500. The van der Waals surface area contributed by atoms with Crippen molar-refractivity contribution >= 4 is 23.6 Å². The second-order valence-corrected chi connectivity index (χ2v) is 6.32. The standard InChI is InChI=1S/C16H21FN2O3S/c1-3-6-14(20)19-13(15(21)18-22-4-2)10-23-16(19)11-7-5-8-12(17)9-11/h5,7-9,13,16H,3-4,6,10H2,1-2H3,(H,18,21). The van der Waals surface area contributed by atoms with E-state index in [0.29, 0.717) is 30.8 Å². The number of hydrogen-bond donors (Lipinski definition) is 1. The first-order valence-electron chi connectivity index (χ1n) is 7.68. The molecule has 126 valence electrons. The molecule has 0 spiro atoms. The first kappa shape index (κ1) is 17.7. The Morgan fingerprint density at radius 3 is 2.87 bits per heavy atom. The zero-order valence-corrected chi connectivity index (χ0v) is 14.1. The number of rotatable bonds is 6. The maximum absolute atomic E-state index is 13.5. The average molecular weight is 340 g/mol. The highest BCUT2D eigenvalue weighted by atomic mass is 32.2. The first-order valence-corrected chi connectivity index (χ1v) is 8.73. The van der Waals surface area contributed by atoms with Gasteiger partial charge in [0.1, 0.15) is 17.2 Å². The third-order valence-electron chi connectivity index (χ3n) is 3.51. The summed E-state index contributed by atoms with van der Waals surface area (Å²) in [5, 5.41) is -0.359. The molecular formula is C16H21FN2O3S. The van der Waals surface area contributed by atoms with E-state index in [2.05, 4.69) is 5.48 Å². The molecule has 0 saturated carbocycles. The fourth-order valence-corrected chi connectivity index (χ4v) is 3.92. The second kappa shape index (κ2) is 8.31. The molecule has 7 heteroatoms. The molecule has 2 atom stereocenters. The van der Waals surface area contributed by atoms with Crippen LogP contribution in [0.15, 0.2) is 24.3 Å². The zero-order valence-electron chi connectivity index (χ0n) is 13.3. The molecule has 2 unspecified atom stereocenters. The van der Waals surface area contributed by atoms with Crippen LogP contribution in [0.5, 0.6) is 0 Å². The van der Waals surface area contributed by atoms with Gasteiger partial charge in [0.2, 0.25) is 5.91 Å². The van der Waals surface area contributed by atoms with Crippen LogP contribution in [0.1, 0.15) is 37.6 Å². The molecule has 1 fully saturated rings. The van der Waals surface area contributed by atoms with E-state index < -0.39 is 6.04 Å². The van der Waals surface area contributed by atoms with Crippen molar-refractivity contribution in [2.75, 3.05) is 12.4 Å². The van der Waals surface area contributed by atoms with Crippen molar-refractivity contribution in [3.8, 4) is 0 Å². The molecule has 1 heterocycles. The Balaban J connectivity index is 2.24. The van der Waals surface area contributed by atoms with Crippen molar-refractivity contribution in [2.45, 2.75) is 38.1 Å². The molecule has 0 radical (unpaired) electrons. The van der Waals surface area contributed by atoms with Crippen molar-refractivity contribution in [3.05, 3.63) is 35.6 Å². The van der Waals surface area contributed by atoms with E-state index in [1.807, 2.05) is 6.92 Å². The monoisotopic (exact) mass is 340 g/mol. The Morgan fingerprint density at radius 1 is 1.43 bits per heavy atom.